The molecule has 1 atom stereocenters. The van der Waals surface area contributed by atoms with Gasteiger partial charge >= 0.3 is 0 Å². The molecule has 112 valence electrons. The first-order chi connectivity index (χ1) is 10.6. The van der Waals surface area contributed by atoms with Crippen LogP contribution in [0.15, 0.2) is 48.5 Å². The highest BCUT2D eigenvalue weighted by Gasteiger charge is 2.40. The number of imide groups is 1. The highest BCUT2D eigenvalue weighted by atomic mass is 35.5. The fourth-order valence-corrected chi connectivity index (χ4v) is 3.23. The fraction of sp³-hybridized carbons (Fsp3) is 0.125. The maximum Gasteiger partial charge on any atom is 0.295 e. The number of nitrogens with zero attached hydrogens (tertiary/aromatic N) is 1. The number of benzene rings is 2. The van der Waals surface area contributed by atoms with E-state index >= 15 is 0 Å². The number of amides is 2. The number of hydrogen-bond donors (Lipinski definition) is 1. The third-order valence-corrected chi connectivity index (χ3v) is 4.68. The normalized spacial score (nSPS) is 17.9. The summed E-state index contributed by atoms with van der Waals surface area (Å²) in [5, 5.41) is 2.74. The first kappa shape index (κ1) is 14.9. The Morgan fingerprint density at radius 2 is 1.86 bits per heavy atom. The molecule has 1 N–H and O–H groups in total. The van der Waals surface area contributed by atoms with Crippen LogP contribution in [0.3, 0.4) is 0 Å². The summed E-state index contributed by atoms with van der Waals surface area (Å²) < 4.78 is 0. The van der Waals surface area contributed by atoms with Crippen molar-refractivity contribution >= 4 is 45.9 Å². The Morgan fingerprint density at radius 3 is 2.55 bits per heavy atom. The predicted octanol–water partition coefficient (Wildman–Crippen LogP) is 4.29. The van der Waals surface area contributed by atoms with Gasteiger partial charge in [-0.15, -0.1) is 0 Å². The van der Waals surface area contributed by atoms with E-state index < -0.39 is 5.37 Å². The SMILES string of the molecule is Cc1ccc(NC2SC(=O)N(c3ccccc3)C2=O)cc1Cl. The van der Waals surface area contributed by atoms with Crippen molar-refractivity contribution in [3.05, 3.63) is 59.1 Å². The lowest BCUT2D eigenvalue weighted by atomic mass is 10.2. The van der Waals surface area contributed by atoms with Gasteiger partial charge in [-0.05, 0) is 48.5 Å². The van der Waals surface area contributed by atoms with Crippen LogP contribution in [0.2, 0.25) is 5.02 Å². The molecule has 2 aromatic carbocycles. The molecule has 4 nitrogen and oxygen atoms in total. The van der Waals surface area contributed by atoms with E-state index in [9.17, 15) is 9.59 Å². The van der Waals surface area contributed by atoms with E-state index in [2.05, 4.69) is 5.32 Å². The van der Waals surface area contributed by atoms with Gasteiger partial charge in [0.05, 0.1) is 5.69 Å². The van der Waals surface area contributed by atoms with Crippen LogP contribution in [0.4, 0.5) is 16.2 Å². The summed E-state index contributed by atoms with van der Waals surface area (Å²) >= 11 is 7.04. The Balaban J connectivity index is 1.80. The molecule has 3 rings (SSSR count). The van der Waals surface area contributed by atoms with E-state index in [1.807, 2.05) is 25.1 Å². The molecule has 0 aromatic heterocycles. The minimum absolute atomic E-state index is 0.280. The number of nitrogens with one attached hydrogen (secondary N) is 1. The Labute approximate surface area is 137 Å². The maximum absolute atomic E-state index is 12.5. The zero-order valence-corrected chi connectivity index (χ0v) is 13.3. The molecule has 1 heterocycles. The van der Waals surface area contributed by atoms with Gasteiger partial charge in [0.1, 0.15) is 0 Å². The molecule has 22 heavy (non-hydrogen) atoms. The van der Waals surface area contributed by atoms with Crippen molar-refractivity contribution in [3.63, 3.8) is 0 Å². The molecule has 2 amide bonds. The molecule has 0 radical (unpaired) electrons. The average Bonchev–Trinajstić information content (AvgIpc) is 2.78. The summed E-state index contributed by atoms with van der Waals surface area (Å²) in [5.74, 6) is -0.280. The van der Waals surface area contributed by atoms with Crippen LogP contribution >= 0.6 is 23.4 Å². The number of halogens is 1. The standard InChI is InChI=1S/C16H13ClN2O2S/c1-10-7-8-11(9-13(10)17)18-14-15(20)19(16(21)22-14)12-5-3-2-4-6-12/h2-9,14,18H,1H3. The van der Waals surface area contributed by atoms with Gasteiger partial charge in [-0.25, -0.2) is 4.90 Å². The summed E-state index contributed by atoms with van der Waals surface area (Å²) in [6, 6.07) is 14.4. The summed E-state index contributed by atoms with van der Waals surface area (Å²) in [6.45, 7) is 1.91. The number of thioether (sulfide) groups is 1. The molecule has 0 saturated carbocycles. The van der Waals surface area contributed by atoms with Crippen LogP contribution in [0, 0.1) is 6.92 Å². The van der Waals surface area contributed by atoms with Crippen LogP contribution in [0.5, 0.6) is 0 Å². The van der Waals surface area contributed by atoms with Gasteiger partial charge in [0.2, 0.25) is 0 Å². The molecule has 2 aromatic rings. The summed E-state index contributed by atoms with van der Waals surface area (Å²) in [4.78, 5) is 25.8. The molecule has 1 fully saturated rings. The quantitative estimate of drug-likeness (QED) is 0.911. The van der Waals surface area contributed by atoms with Crippen LogP contribution in [-0.4, -0.2) is 16.5 Å². The van der Waals surface area contributed by atoms with Gasteiger partial charge in [0, 0.05) is 10.7 Å². The lowest BCUT2D eigenvalue weighted by Crippen LogP contribution is -2.34. The minimum atomic E-state index is -0.647. The Hall–Kier alpha value is -1.98. The van der Waals surface area contributed by atoms with Gasteiger partial charge in [-0.3, -0.25) is 9.59 Å². The number of rotatable bonds is 3. The van der Waals surface area contributed by atoms with Crippen LogP contribution in [0.1, 0.15) is 5.56 Å². The van der Waals surface area contributed by atoms with E-state index in [1.165, 1.54) is 4.90 Å². The number of hydrogen-bond acceptors (Lipinski definition) is 4. The lowest BCUT2D eigenvalue weighted by molar-refractivity contribution is -0.116. The van der Waals surface area contributed by atoms with Crippen LogP contribution in [-0.2, 0) is 4.79 Å². The second-order valence-corrected chi connectivity index (χ2v) is 6.34. The van der Waals surface area contributed by atoms with E-state index in [-0.39, 0.29) is 11.1 Å². The Morgan fingerprint density at radius 1 is 1.14 bits per heavy atom. The topological polar surface area (TPSA) is 49.4 Å². The highest BCUT2D eigenvalue weighted by molar-refractivity contribution is 8.16. The fourth-order valence-electron chi connectivity index (χ4n) is 2.15. The molecule has 1 aliphatic heterocycles. The van der Waals surface area contributed by atoms with Gasteiger partial charge in [0.15, 0.2) is 5.37 Å². The predicted molar refractivity (Wildman–Crippen MR) is 90.5 cm³/mol. The van der Waals surface area contributed by atoms with Crippen molar-refractivity contribution in [1.29, 1.82) is 0 Å². The van der Waals surface area contributed by atoms with Gasteiger partial charge < -0.3 is 5.32 Å². The molecule has 1 aliphatic rings. The second kappa shape index (κ2) is 6.02. The molecular weight excluding hydrogens is 320 g/mol. The van der Waals surface area contributed by atoms with Crippen molar-refractivity contribution in [2.45, 2.75) is 12.3 Å². The monoisotopic (exact) mass is 332 g/mol. The average molecular weight is 333 g/mol. The maximum atomic E-state index is 12.5. The third kappa shape index (κ3) is 2.82. The van der Waals surface area contributed by atoms with Gasteiger partial charge in [-0.1, -0.05) is 35.9 Å². The van der Waals surface area contributed by atoms with Crippen molar-refractivity contribution < 1.29 is 9.59 Å². The summed E-state index contributed by atoms with van der Waals surface area (Å²) in [6.07, 6.45) is 0. The second-order valence-electron chi connectivity index (χ2n) is 4.88. The minimum Gasteiger partial charge on any atom is -0.365 e. The highest BCUT2D eigenvalue weighted by Crippen LogP contribution is 2.32. The first-order valence-corrected chi connectivity index (χ1v) is 7.94. The van der Waals surface area contributed by atoms with E-state index in [1.54, 1.807) is 30.3 Å². The summed E-state index contributed by atoms with van der Waals surface area (Å²) in [7, 11) is 0. The molecular formula is C16H13ClN2O2S. The van der Waals surface area contributed by atoms with Crippen LogP contribution in [0.25, 0.3) is 0 Å². The van der Waals surface area contributed by atoms with Gasteiger partial charge in [-0.2, -0.15) is 0 Å². The molecule has 1 unspecified atom stereocenters. The molecule has 0 bridgehead atoms. The van der Waals surface area contributed by atoms with Crippen molar-refractivity contribution in [2.75, 3.05) is 10.2 Å². The van der Waals surface area contributed by atoms with E-state index in [4.69, 9.17) is 11.6 Å². The molecule has 1 saturated heterocycles. The van der Waals surface area contributed by atoms with Crippen molar-refractivity contribution in [1.82, 2.24) is 0 Å². The first-order valence-electron chi connectivity index (χ1n) is 6.68. The molecule has 0 aliphatic carbocycles. The van der Waals surface area contributed by atoms with E-state index in [0.29, 0.717) is 16.4 Å². The zero-order chi connectivity index (χ0) is 15.7. The molecule has 0 spiro atoms. The number of carbonyl (C=O) groups excluding carboxylic acids is 2. The van der Waals surface area contributed by atoms with Crippen molar-refractivity contribution in [3.8, 4) is 0 Å². The van der Waals surface area contributed by atoms with Crippen molar-refractivity contribution in [2.24, 2.45) is 0 Å². The number of para-hydroxylation sites is 1. The van der Waals surface area contributed by atoms with Crippen LogP contribution < -0.4 is 10.2 Å². The summed E-state index contributed by atoms with van der Waals surface area (Å²) in [5.41, 5.74) is 2.25. The Kier molecular flexibility index (Phi) is 4.09. The van der Waals surface area contributed by atoms with E-state index in [0.717, 1.165) is 17.3 Å². The Bertz CT molecular complexity index is 736. The lowest BCUT2D eigenvalue weighted by Gasteiger charge is -2.15. The number of carbonyl (C=O) groups is 2. The molecule has 6 heteroatoms. The number of anilines is 2. The number of aryl methyl sites for hydroxylation is 1. The largest absolute Gasteiger partial charge is 0.365 e. The van der Waals surface area contributed by atoms with Gasteiger partial charge in [0.25, 0.3) is 11.1 Å². The zero-order valence-electron chi connectivity index (χ0n) is 11.7. The smallest absolute Gasteiger partial charge is 0.295 e. The third-order valence-electron chi connectivity index (χ3n) is 3.33.